The molecule has 1 fully saturated rings. The van der Waals surface area contributed by atoms with Crippen LogP contribution in [0.15, 0.2) is 16.7 Å². The van der Waals surface area contributed by atoms with Crippen LogP contribution >= 0.6 is 15.9 Å². The minimum atomic E-state index is -3.09. The Morgan fingerprint density at radius 3 is 2.59 bits per heavy atom. The summed E-state index contributed by atoms with van der Waals surface area (Å²) in [4.78, 5) is 12.2. The first-order valence-corrected chi connectivity index (χ1v) is 10.0. The molecule has 0 atom stereocenters. The highest BCUT2D eigenvalue weighted by molar-refractivity contribution is 9.10. The summed E-state index contributed by atoms with van der Waals surface area (Å²) in [7, 11) is -3.09. The summed E-state index contributed by atoms with van der Waals surface area (Å²) in [5, 5.41) is 2.96. The van der Waals surface area contributed by atoms with Crippen LogP contribution in [0, 0.1) is 5.92 Å². The SMILES string of the molecule is CCn1cc(Br)cc1C(=O)NCC1CCN(S(C)(=O)=O)CC1. The van der Waals surface area contributed by atoms with Gasteiger partial charge < -0.3 is 9.88 Å². The van der Waals surface area contributed by atoms with Crippen molar-refractivity contribution in [3.05, 3.63) is 22.4 Å². The topological polar surface area (TPSA) is 71.4 Å². The molecule has 2 heterocycles. The van der Waals surface area contributed by atoms with Gasteiger partial charge in [-0.1, -0.05) is 0 Å². The van der Waals surface area contributed by atoms with Crippen LogP contribution in [0.25, 0.3) is 0 Å². The van der Waals surface area contributed by atoms with Gasteiger partial charge in [0.15, 0.2) is 0 Å². The van der Waals surface area contributed by atoms with Crippen molar-refractivity contribution < 1.29 is 13.2 Å². The second kappa shape index (κ2) is 7.14. The molecular weight excluding hydrogens is 370 g/mol. The van der Waals surface area contributed by atoms with Gasteiger partial charge in [0, 0.05) is 36.8 Å². The molecule has 0 bridgehead atoms. The summed E-state index contributed by atoms with van der Waals surface area (Å²) in [6, 6.07) is 1.81. The number of carbonyl (C=O) groups excluding carboxylic acids is 1. The molecule has 22 heavy (non-hydrogen) atoms. The lowest BCUT2D eigenvalue weighted by Gasteiger charge is -2.30. The highest BCUT2D eigenvalue weighted by Crippen LogP contribution is 2.19. The molecule has 1 aliphatic heterocycles. The number of rotatable bonds is 5. The maximum absolute atomic E-state index is 12.2. The van der Waals surface area contributed by atoms with Crippen LogP contribution in [0.3, 0.4) is 0 Å². The van der Waals surface area contributed by atoms with Crippen molar-refractivity contribution in [1.82, 2.24) is 14.2 Å². The lowest BCUT2D eigenvalue weighted by Crippen LogP contribution is -2.41. The second-order valence-corrected chi connectivity index (χ2v) is 8.54. The number of aryl methyl sites for hydroxylation is 1. The Hall–Kier alpha value is -0.860. The molecule has 0 unspecified atom stereocenters. The first-order chi connectivity index (χ1) is 10.3. The molecule has 1 saturated heterocycles. The van der Waals surface area contributed by atoms with Gasteiger partial charge in [-0.25, -0.2) is 12.7 Å². The van der Waals surface area contributed by atoms with Crippen LogP contribution in [0.4, 0.5) is 0 Å². The van der Waals surface area contributed by atoms with Gasteiger partial charge in [-0.2, -0.15) is 0 Å². The number of amides is 1. The Balaban J connectivity index is 1.85. The van der Waals surface area contributed by atoms with Crippen molar-refractivity contribution in [3.8, 4) is 0 Å². The fourth-order valence-electron chi connectivity index (χ4n) is 2.70. The van der Waals surface area contributed by atoms with Gasteiger partial charge in [0.2, 0.25) is 10.0 Å². The number of hydrogen-bond acceptors (Lipinski definition) is 3. The van der Waals surface area contributed by atoms with Gasteiger partial charge in [-0.3, -0.25) is 4.79 Å². The lowest BCUT2D eigenvalue weighted by molar-refractivity contribution is 0.0932. The molecule has 1 aromatic heterocycles. The van der Waals surface area contributed by atoms with Crippen LogP contribution in [-0.2, 0) is 16.6 Å². The highest BCUT2D eigenvalue weighted by Gasteiger charge is 2.25. The van der Waals surface area contributed by atoms with Gasteiger partial charge >= 0.3 is 0 Å². The Morgan fingerprint density at radius 2 is 2.05 bits per heavy atom. The first kappa shape index (κ1) is 17.5. The summed E-state index contributed by atoms with van der Waals surface area (Å²) in [6.07, 6.45) is 4.70. The van der Waals surface area contributed by atoms with Crippen LogP contribution in [0.1, 0.15) is 30.3 Å². The number of halogens is 1. The van der Waals surface area contributed by atoms with Crippen molar-refractivity contribution >= 4 is 31.9 Å². The molecular formula is C14H22BrN3O3S. The zero-order chi connectivity index (χ0) is 16.3. The minimum Gasteiger partial charge on any atom is -0.350 e. The van der Waals surface area contributed by atoms with E-state index in [-0.39, 0.29) is 5.91 Å². The van der Waals surface area contributed by atoms with E-state index in [1.807, 2.05) is 23.8 Å². The lowest BCUT2D eigenvalue weighted by atomic mass is 9.98. The van der Waals surface area contributed by atoms with Crippen LogP contribution in [0.2, 0.25) is 0 Å². The first-order valence-electron chi connectivity index (χ1n) is 7.40. The van der Waals surface area contributed by atoms with Gasteiger partial charge in [0.1, 0.15) is 5.69 Å². The smallest absolute Gasteiger partial charge is 0.267 e. The van der Waals surface area contributed by atoms with E-state index in [2.05, 4.69) is 21.2 Å². The third kappa shape index (κ3) is 4.33. The number of nitrogens with one attached hydrogen (secondary N) is 1. The fraction of sp³-hybridized carbons (Fsp3) is 0.643. The molecule has 0 radical (unpaired) electrons. The van der Waals surface area contributed by atoms with Crippen molar-refractivity contribution in [2.45, 2.75) is 26.3 Å². The minimum absolute atomic E-state index is 0.0851. The van der Waals surface area contributed by atoms with Crippen molar-refractivity contribution in [1.29, 1.82) is 0 Å². The standard InChI is InChI=1S/C14H22BrN3O3S/c1-3-17-10-12(15)8-13(17)14(19)16-9-11-4-6-18(7-5-11)22(2,20)21/h8,10-11H,3-7,9H2,1-2H3,(H,16,19). The van der Waals surface area contributed by atoms with E-state index in [1.165, 1.54) is 10.6 Å². The van der Waals surface area contributed by atoms with E-state index in [0.717, 1.165) is 23.9 Å². The molecule has 6 nitrogen and oxygen atoms in total. The zero-order valence-electron chi connectivity index (χ0n) is 12.9. The molecule has 0 spiro atoms. The molecule has 1 aliphatic rings. The zero-order valence-corrected chi connectivity index (χ0v) is 15.3. The number of sulfonamides is 1. The van der Waals surface area contributed by atoms with E-state index in [9.17, 15) is 13.2 Å². The quantitative estimate of drug-likeness (QED) is 0.829. The number of hydrogen-bond donors (Lipinski definition) is 1. The van der Waals surface area contributed by atoms with E-state index < -0.39 is 10.0 Å². The maximum atomic E-state index is 12.2. The van der Waals surface area contributed by atoms with E-state index >= 15 is 0 Å². The average Bonchev–Trinajstić information content (AvgIpc) is 2.85. The molecule has 1 N–H and O–H groups in total. The second-order valence-electron chi connectivity index (χ2n) is 5.65. The third-order valence-corrected chi connectivity index (χ3v) is 5.77. The largest absolute Gasteiger partial charge is 0.350 e. The third-order valence-electron chi connectivity index (χ3n) is 4.03. The molecule has 8 heteroatoms. The average molecular weight is 392 g/mol. The molecule has 0 aliphatic carbocycles. The van der Waals surface area contributed by atoms with Gasteiger partial charge in [-0.15, -0.1) is 0 Å². The fourth-order valence-corrected chi connectivity index (χ4v) is 4.04. The molecule has 1 aromatic rings. The summed E-state index contributed by atoms with van der Waals surface area (Å²) < 4.78 is 27.2. The Morgan fingerprint density at radius 1 is 1.41 bits per heavy atom. The molecule has 2 rings (SSSR count). The van der Waals surface area contributed by atoms with Crippen molar-refractivity contribution in [2.75, 3.05) is 25.9 Å². The van der Waals surface area contributed by atoms with Crippen molar-refractivity contribution in [2.24, 2.45) is 5.92 Å². The Kier molecular flexibility index (Phi) is 5.68. The van der Waals surface area contributed by atoms with Crippen LogP contribution < -0.4 is 5.32 Å². The summed E-state index contributed by atoms with van der Waals surface area (Å²) in [5.41, 5.74) is 0.642. The van der Waals surface area contributed by atoms with E-state index in [0.29, 0.717) is 31.2 Å². The van der Waals surface area contributed by atoms with Gasteiger partial charge in [-0.05, 0) is 47.7 Å². The normalized spacial score (nSPS) is 17.6. The van der Waals surface area contributed by atoms with Crippen molar-refractivity contribution in [3.63, 3.8) is 0 Å². The van der Waals surface area contributed by atoms with E-state index in [4.69, 9.17) is 0 Å². The maximum Gasteiger partial charge on any atom is 0.267 e. The van der Waals surface area contributed by atoms with E-state index in [1.54, 1.807) is 0 Å². The number of aromatic nitrogens is 1. The number of nitrogens with zero attached hydrogens (tertiary/aromatic N) is 2. The monoisotopic (exact) mass is 391 g/mol. The van der Waals surface area contributed by atoms with Crippen LogP contribution in [-0.4, -0.2) is 49.1 Å². The predicted molar refractivity (Wildman–Crippen MR) is 89.3 cm³/mol. The Bertz CT molecular complexity index is 634. The molecule has 124 valence electrons. The highest BCUT2D eigenvalue weighted by atomic mass is 79.9. The molecule has 1 amide bonds. The van der Waals surface area contributed by atoms with Crippen LogP contribution in [0.5, 0.6) is 0 Å². The predicted octanol–water partition coefficient (Wildman–Crippen LogP) is 1.67. The number of carbonyl (C=O) groups is 1. The molecule has 0 aromatic carbocycles. The summed E-state index contributed by atoms with van der Waals surface area (Å²) in [5.74, 6) is 0.244. The summed E-state index contributed by atoms with van der Waals surface area (Å²) in [6.45, 7) is 4.39. The Labute approximate surface area is 140 Å². The van der Waals surface area contributed by atoms with Gasteiger partial charge in [0.25, 0.3) is 5.91 Å². The number of piperidine rings is 1. The van der Waals surface area contributed by atoms with Gasteiger partial charge in [0.05, 0.1) is 6.26 Å². The summed E-state index contributed by atoms with van der Waals surface area (Å²) >= 11 is 3.38. The molecule has 0 saturated carbocycles.